The highest BCUT2D eigenvalue weighted by Crippen LogP contribution is 2.21. The van der Waals surface area contributed by atoms with Gasteiger partial charge in [0, 0.05) is 24.0 Å². The maximum absolute atomic E-state index is 4.46. The quantitative estimate of drug-likeness (QED) is 0.784. The number of hydrogen-bond donors (Lipinski definition) is 2. The molecule has 20 heavy (non-hydrogen) atoms. The molecule has 0 spiro atoms. The van der Waals surface area contributed by atoms with E-state index in [1.807, 2.05) is 25.1 Å². The standard InChI is InChI=1S/C16H20N4/c1-4-10-17-16-18-12(3)11-15(20-16)19-14-9-7-6-8-13(14)5-2/h4,6-9,11H,1,5,10H2,2-3H3,(H2,17,18,19,20). The van der Waals surface area contributed by atoms with E-state index in [2.05, 4.69) is 46.2 Å². The van der Waals surface area contributed by atoms with E-state index < -0.39 is 0 Å². The molecule has 0 aliphatic heterocycles. The molecule has 4 nitrogen and oxygen atoms in total. The molecule has 0 radical (unpaired) electrons. The third kappa shape index (κ3) is 3.57. The number of nitrogens with zero attached hydrogens (tertiary/aromatic N) is 2. The van der Waals surface area contributed by atoms with E-state index in [0.717, 1.165) is 23.6 Å². The summed E-state index contributed by atoms with van der Waals surface area (Å²) in [7, 11) is 0. The van der Waals surface area contributed by atoms with Crippen LogP contribution in [0.2, 0.25) is 0 Å². The van der Waals surface area contributed by atoms with Crippen molar-refractivity contribution in [3.8, 4) is 0 Å². The number of aromatic nitrogens is 2. The number of aryl methyl sites for hydroxylation is 2. The Morgan fingerprint density at radius 1 is 1.25 bits per heavy atom. The SMILES string of the molecule is C=CCNc1nc(C)cc(Nc2ccccc2CC)n1. The van der Waals surface area contributed by atoms with Gasteiger partial charge >= 0.3 is 0 Å². The van der Waals surface area contributed by atoms with Crippen molar-refractivity contribution in [2.75, 3.05) is 17.2 Å². The Balaban J connectivity index is 2.24. The van der Waals surface area contributed by atoms with Gasteiger partial charge in [0.15, 0.2) is 0 Å². The van der Waals surface area contributed by atoms with Gasteiger partial charge in [0.25, 0.3) is 0 Å². The van der Waals surface area contributed by atoms with Crippen molar-refractivity contribution >= 4 is 17.5 Å². The molecule has 1 aromatic carbocycles. The Hall–Kier alpha value is -2.36. The zero-order chi connectivity index (χ0) is 14.4. The Kier molecular flexibility index (Phi) is 4.71. The minimum atomic E-state index is 0.612. The Bertz CT molecular complexity index is 593. The van der Waals surface area contributed by atoms with Crippen LogP contribution in [-0.4, -0.2) is 16.5 Å². The molecule has 2 rings (SSSR count). The summed E-state index contributed by atoms with van der Waals surface area (Å²) in [4.78, 5) is 8.81. The normalized spacial score (nSPS) is 10.1. The predicted molar refractivity (Wildman–Crippen MR) is 84.6 cm³/mol. The first-order chi connectivity index (χ1) is 9.72. The minimum Gasteiger partial charge on any atom is -0.351 e. The second-order valence-corrected chi connectivity index (χ2v) is 4.52. The summed E-state index contributed by atoms with van der Waals surface area (Å²) < 4.78 is 0. The van der Waals surface area contributed by atoms with E-state index in [9.17, 15) is 0 Å². The number of anilines is 3. The molecule has 0 fully saturated rings. The van der Waals surface area contributed by atoms with Crippen LogP contribution in [0.25, 0.3) is 0 Å². The molecule has 104 valence electrons. The molecule has 2 aromatic rings. The fourth-order valence-corrected chi connectivity index (χ4v) is 1.96. The lowest BCUT2D eigenvalue weighted by Crippen LogP contribution is -2.06. The van der Waals surface area contributed by atoms with Crippen molar-refractivity contribution in [1.29, 1.82) is 0 Å². The number of rotatable bonds is 6. The van der Waals surface area contributed by atoms with E-state index in [1.54, 1.807) is 6.08 Å². The van der Waals surface area contributed by atoms with E-state index in [-0.39, 0.29) is 0 Å². The van der Waals surface area contributed by atoms with Gasteiger partial charge in [-0.05, 0) is 25.0 Å². The van der Waals surface area contributed by atoms with Crippen molar-refractivity contribution in [3.63, 3.8) is 0 Å². The fourth-order valence-electron chi connectivity index (χ4n) is 1.96. The van der Waals surface area contributed by atoms with E-state index >= 15 is 0 Å². The van der Waals surface area contributed by atoms with Gasteiger partial charge in [-0.1, -0.05) is 31.2 Å². The average Bonchev–Trinajstić information content (AvgIpc) is 2.45. The van der Waals surface area contributed by atoms with Crippen LogP contribution >= 0.6 is 0 Å². The molecule has 0 saturated heterocycles. The first kappa shape index (κ1) is 14.1. The summed E-state index contributed by atoms with van der Waals surface area (Å²) in [5.41, 5.74) is 3.27. The van der Waals surface area contributed by atoms with Crippen LogP contribution in [-0.2, 0) is 6.42 Å². The van der Waals surface area contributed by atoms with Crippen LogP contribution in [0.5, 0.6) is 0 Å². The third-order valence-corrected chi connectivity index (χ3v) is 2.92. The summed E-state index contributed by atoms with van der Waals surface area (Å²) in [5.74, 6) is 1.41. The summed E-state index contributed by atoms with van der Waals surface area (Å²) in [6.45, 7) is 8.42. The molecule has 4 heteroatoms. The van der Waals surface area contributed by atoms with E-state index in [0.29, 0.717) is 12.5 Å². The fraction of sp³-hybridized carbons (Fsp3) is 0.250. The van der Waals surface area contributed by atoms with Crippen molar-refractivity contribution in [2.45, 2.75) is 20.3 Å². The topological polar surface area (TPSA) is 49.8 Å². The summed E-state index contributed by atoms with van der Waals surface area (Å²) >= 11 is 0. The van der Waals surface area contributed by atoms with Crippen molar-refractivity contribution in [2.24, 2.45) is 0 Å². The van der Waals surface area contributed by atoms with Gasteiger partial charge in [0.05, 0.1) is 0 Å². The van der Waals surface area contributed by atoms with Crippen LogP contribution in [0, 0.1) is 6.92 Å². The number of hydrogen-bond acceptors (Lipinski definition) is 4. The first-order valence-corrected chi connectivity index (χ1v) is 6.78. The summed E-state index contributed by atoms with van der Waals surface area (Å²) in [5, 5.41) is 6.47. The Morgan fingerprint density at radius 2 is 2.05 bits per heavy atom. The highest BCUT2D eigenvalue weighted by atomic mass is 15.1. The lowest BCUT2D eigenvalue weighted by atomic mass is 10.1. The zero-order valence-corrected chi connectivity index (χ0v) is 12.0. The lowest BCUT2D eigenvalue weighted by Gasteiger charge is -2.12. The molecule has 0 unspecified atom stereocenters. The van der Waals surface area contributed by atoms with Gasteiger partial charge in [-0.3, -0.25) is 0 Å². The average molecular weight is 268 g/mol. The minimum absolute atomic E-state index is 0.612. The molecule has 0 atom stereocenters. The van der Waals surface area contributed by atoms with Gasteiger partial charge in [-0.25, -0.2) is 4.98 Å². The maximum atomic E-state index is 4.46. The van der Waals surface area contributed by atoms with E-state index in [1.165, 1.54) is 5.56 Å². The second-order valence-electron chi connectivity index (χ2n) is 4.52. The van der Waals surface area contributed by atoms with Crippen LogP contribution in [0.15, 0.2) is 43.0 Å². The van der Waals surface area contributed by atoms with E-state index in [4.69, 9.17) is 0 Å². The molecule has 0 amide bonds. The smallest absolute Gasteiger partial charge is 0.225 e. The van der Waals surface area contributed by atoms with Crippen LogP contribution in [0.3, 0.4) is 0 Å². The van der Waals surface area contributed by atoms with Crippen LogP contribution < -0.4 is 10.6 Å². The van der Waals surface area contributed by atoms with Crippen molar-refractivity contribution in [1.82, 2.24) is 9.97 Å². The molecule has 0 bridgehead atoms. The van der Waals surface area contributed by atoms with Gasteiger partial charge < -0.3 is 10.6 Å². The molecular weight excluding hydrogens is 248 g/mol. The molecule has 1 aromatic heterocycles. The highest BCUT2D eigenvalue weighted by molar-refractivity contribution is 5.61. The Labute approximate surface area is 120 Å². The largest absolute Gasteiger partial charge is 0.351 e. The highest BCUT2D eigenvalue weighted by Gasteiger charge is 2.04. The Morgan fingerprint density at radius 3 is 2.80 bits per heavy atom. The van der Waals surface area contributed by atoms with Gasteiger partial charge in [0.1, 0.15) is 5.82 Å². The van der Waals surface area contributed by atoms with Crippen LogP contribution in [0.4, 0.5) is 17.5 Å². The molecule has 1 heterocycles. The summed E-state index contributed by atoms with van der Waals surface area (Å²) in [6.07, 6.45) is 2.76. The maximum Gasteiger partial charge on any atom is 0.225 e. The molecular formula is C16H20N4. The zero-order valence-electron chi connectivity index (χ0n) is 12.0. The van der Waals surface area contributed by atoms with Crippen molar-refractivity contribution in [3.05, 3.63) is 54.2 Å². The number of para-hydroxylation sites is 1. The summed E-state index contributed by atoms with van der Waals surface area (Å²) in [6, 6.07) is 10.2. The van der Waals surface area contributed by atoms with Gasteiger partial charge in [-0.2, -0.15) is 4.98 Å². The molecule has 2 N–H and O–H groups in total. The molecule has 0 aliphatic rings. The van der Waals surface area contributed by atoms with Gasteiger partial charge in [-0.15, -0.1) is 6.58 Å². The number of benzene rings is 1. The lowest BCUT2D eigenvalue weighted by molar-refractivity contribution is 1.07. The number of nitrogens with one attached hydrogen (secondary N) is 2. The second kappa shape index (κ2) is 6.70. The predicted octanol–water partition coefficient (Wildman–Crippen LogP) is 3.69. The monoisotopic (exact) mass is 268 g/mol. The third-order valence-electron chi connectivity index (χ3n) is 2.92. The molecule has 0 saturated carbocycles. The van der Waals surface area contributed by atoms with Crippen molar-refractivity contribution < 1.29 is 0 Å². The molecule has 0 aliphatic carbocycles. The first-order valence-electron chi connectivity index (χ1n) is 6.78. The van der Waals surface area contributed by atoms with Gasteiger partial charge in [0.2, 0.25) is 5.95 Å². The van der Waals surface area contributed by atoms with Crippen LogP contribution in [0.1, 0.15) is 18.2 Å².